The summed E-state index contributed by atoms with van der Waals surface area (Å²) in [6, 6.07) is 7.26. The Morgan fingerprint density at radius 2 is 1.71 bits per heavy atom. The maximum atomic E-state index is 12.4. The van der Waals surface area contributed by atoms with Gasteiger partial charge >= 0.3 is 6.03 Å². The molecule has 0 spiro atoms. The highest BCUT2D eigenvalue weighted by Crippen LogP contribution is 2.17. The van der Waals surface area contributed by atoms with Gasteiger partial charge in [0.25, 0.3) is 0 Å². The largest absolute Gasteiger partial charge is 0.389 e. The van der Waals surface area contributed by atoms with Crippen LogP contribution in [0.15, 0.2) is 24.3 Å². The summed E-state index contributed by atoms with van der Waals surface area (Å²) in [5.74, 6) is 0.858. The minimum absolute atomic E-state index is 0.0832. The van der Waals surface area contributed by atoms with Crippen LogP contribution in [-0.2, 0) is 0 Å². The third-order valence-corrected chi connectivity index (χ3v) is 3.08. The summed E-state index contributed by atoms with van der Waals surface area (Å²) in [4.78, 5) is 14.3. The van der Waals surface area contributed by atoms with Gasteiger partial charge in [-0.05, 0) is 36.5 Å². The van der Waals surface area contributed by atoms with Gasteiger partial charge in [0.15, 0.2) is 0 Å². The zero-order valence-electron chi connectivity index (χ0n) is 13.8. The Morgan fingerprint density at radius 3 is 2.19 bits per heavy atom. The normalized spacial score (nSPS) is 12.6. The van der Waals surface area contributed by atoms with Crippen LogP contribution in [0.2, 0.25) is 0 Å². The van der Waals surface area contributed by atoms with Gasteiger partial charge in [0.05, 0.1) is 6.10 Å². The molecule has 0 fully saturated rings. The first-order valence-electron chi connectivity index (χ1n) is 7.63. The molecule has 4 heteroatoms. The van der Waals surface area contributed by atoms with Crippen LogP contribution >= 0.6 is 0 Å². The predicted octanol–water partition coefficient (Wildman–Crippen LogP) is 3.89. The molecule has 1 rings (SSSR count). The molecule has 0 aliphatic carbocycles. The highest BCUT2D eigenvalue weighted by molar-refractivity contribution is 5.89. The average molecular weight is 292 g/mol. The van der Waals surface area contributed by atoms with Crippen LogP contribution in [0, 0.1) is 11.8 Å². The molecule has 118 valence electrons. The molecule has 2 amide bonds. The van der Waals surface area contributed by atoms with Crippen LogP contribution in [-0.4, -0.2) is 29.1 Å². The van der Waals surface area contributed by atoms with Gasteiger partial charge in [-0.2, -0.15) is 0 Å². The van der Waals surface area contributed by atoms with Gasteiger partial charge < -0.3 is 15.3 Å². The van der Waals surface area contributed by atoms with Crippen molar-refractivity contribution in [3.63, 3.8) is 0 Å². The van der Waals surface area contributed by atoms with Crippen molar-refractivity contribution in [3.8, 4) is 0 Å². The standard InChI is InChI=1S/C17H28N2O2/c1-12(2)10-19(11-13(3)4)17(21)18-16-8-6-7-15(9-16)14(5)20/h6-9,12-14,20H,10-11H2,1-5H3,(H,18,21). The second-order valence-electron chi connectivity index (χ2n) is 6.42. The monoisotopic (exact) mass is 292 g/mol. The van der Waals surface area contributed by atoms with Crippen molar-refractivity contribution in [1.82, 2.24) is 4.90 Å². The van der Waals surface area contributed by atoms with E-state index in [0.717, 1.165) is 24.3 Å². The van der Waals surface area contributed by atoms with E-state index < -0.39 is 6.10 Å². The molecular formula is C17H28N2O2. The number of aliphatic hydroxyl groups excluding tert-OH is 1. The SMILES string of the molecule is CC(C)CN(CC(C)C)C(=O)Nc1cccc(C(C)O)c1. The van der Waals surface area contributed by atoms with Crippen molar-refractivity contribution in [3.05, 3.63) is 29.8 Å². The zero-order valence-corrected chi connectivity index (χ0v) is 13.8. The Bertz CT molecular complexity index is 446. The number of hydrogen-bond acceptors (Lipinski definition) is 2. The minimum atomic E-state index is -0.538. The highest BCUT2D eigenvalue weighted by atomic mass is 16.3. The second kappa shape index (κ2) is 8.03. The molecule has 0 saturated heterocycles. The lowest BCUT2D eigenvalue weighted by atomic mass is 10.1. The fraction of sp³-hybridized carbons (Fsp3) is 0.588. The lowest BCUT2D eigenvalue weighted by Gasteiger charge is -2.26. The molecule has 0 aliphatic heterocycles. The number of rotatable bonds is 6. The van der Waals surface area contributed by atoms with E-state index in [1.807, 2.05) is 29.2 Å². The summed E-state index contributed by atoms with van der Waals surface area (Å²) in [6.45, 7) is 11.6. The van der Waals surface area contributed by atoms with Crippen molar-refractivity contribution in [2.24, 2.45) is 11.8 Å². The molecule has 0 heterocycles. The Balaban J connectivity index is 2.78. The maximum Gasteiger partial charge on any atom is 0.321 e. The van der Waals surface area contributed by atoms with Gasteiger partial charge in [-0.25, -0.2) is 4.79 Å². The molecule has 21 heavy (non-hydrogen) atoms. The van der Waals surface area contributed by atoms with E-state index >= 15 is 0 Å². The predicted molar refractivity (Wildman–Crippen MR) is 87.3 cm³/mol. The topological polar surface area (TPSA) is 52.6 Å². The smallest absolute Gasteiger partial charge is 0.321 e. The number of aliphatic hydroxyl groups is 1. The van der Waals surface area contributed by atoms with E-state index in [4.69, 9.17) is 0 Å². The van der Waals surface area contributed by atoms with Crippen LogP contribution in [0.25, 0.3) is 0 Å². The molecule has 0 radical (unpaired) electrons. The van der Waals surface area contributed by atoms with E-state index in [0.29, 0.717) is 11.8 Å². The quantitative estimate of drug-likeness (QED) is 0.836. The molecule has 0 saturated carbocycles. The number of hydrogen-bond donors (Lipinski definition) is 2. The summed E-state index contributed by atoms with van der Waals surface area (Å²) in [7, 11) is 0. The molecule has 4 nitrogen and oxygen atoms in total. The molecule has 1 unspecified atom stereocenters. The third kappa shape index (κ3) is 6.17. The highest BCUT2D eigenvalue weighted by Gasteiger charge is 2.16. The number of carbonyl (C=O) groups excluding carboxylic acids is 1. The van der Waals surface area contributed by atoms with E-state index in [9.17, 15) is 9.90 Å². The van der Waals surface area contributed by atoms with Crippen molar-refractivity contribution < 1.29 is 9.90 Å². The molecule has 1 aromatic rings. The lowest BCUT2D eigenvalue weighted by molar-refractivity contribution is 0.196. The van der Waals surface area contributed by atoms with Crippen molar-refractivity contribution in [2.45, 2.75) is 40.7 Å². The molecule has 2 N–H and O–H groups in total. The van der Waals surface area contributed by atoms with Gasteiger partial charge in [-0.15, -0.1) is 0 Å². The van der Waals surface area contributed by atoms with Gasteiger partial charge in [0.2, 0.25) is 0 Å². The van der Waals surface area contributed by atoms with E-state index in [1.165, 1.54) is 0 Å². The van der Waals surface area contributed by atoms with Gasteiger partial charge in [0, 0.05) is 18.8 Å². The Labute approximate surface area is 128 Å². The molecule has 1 aromatic carbocycles. The number of nitrogens with zero attached hydrogens (tertiary/aromatic N) is 1. The average Bonchev–Trinajstić information content (AvgIpc) is 2.37. The number of benzene rings is 1. The van der Waals surface area contributed by atoms with Crippen molar-refractivity contribution in [2.75, 3.05) is 18.4 Å². The van der Waals surface area contributed by atoms with Gasteiger partial charge in [0.1, 0.15) is 0 Å². The van der Waals surface area contributed by atoms with E-state index in [1.54, 1.807) is 6.92 Å². The molecule has 0 aliphatic rings. The van der Waals surface area contributed by atoms with E-state index in [-0.39, 0.29) is 6.03 Å². The van der Waals surface area contributed by atoms with Crippen LogP contribution in [0.4, 0.5) is 10.5 Å². The first kappa shape index (κ1) is 17.5. The minimum Gasteiger partial charge on any atom is -0.389 e. The summed E-state index contributed by atoms with van der Waals surface area (Å²) >= 11 is 0. The van der Waals surface area contributed by atoms with Crippen LogP contribution in [0.3, 0.4) is 0 Å². The van der Waals surface area contributed by atoms with Crippen LogP contribution < -0.4 is 5.32 Å². The Kier molecular flexibility index (Phi) is 6.69. The molecule has 1 atom stereocenters. The number of urea groups is 1. The first-order valence-corrected chi connectivity index (χ1v) is 7.63. The first-order chi connectivity index (χ1) is 9.79. The summed E-state index contributed by atoms with van der Waals surface area (Å²) < 4.78 is 0. The Hall–Kier alpha value is -1.55. The van der Waals surface area contributed by atoms with Crippen LogP contribution in [0.5, 0.6) is 0 Å². The number of amides is 2. The lowest BCUT2D eigenvalue weighted by Crippen LogP contribution is -2.39. The zero-order chi connectivity index (χ0) is 16.0. The molecular weight excluding hydrogens is 264 g/mol. The third-order valence-electron chi connectivity index (χ3n) is 3.08. The van der Waals surface area contributed by atoms with E-state index in [2.05, 4.69) is 33.0 Å². The fourth-order valence-electron chi connectivity index (χ4n) is 2.20. The second-order valence-corrected chi connectivity index (χ2v) is 6.42. The molecule has 0 bridgehead atoms. The summed E-state index contributed by atoms with van der Waals surface area (Å²) in [5.41, 5.74) is 1.52. The maximum absolute atomic E-state index is 12.4. The fourth-order valence-corrected chi connectivity index (χ4v) is 2.20. The molecule has 0 aromatic heterocycles. The summed E-state index contributed by atoms with van der Waals surface area (Å²) in [5, 5.41) is 12.5. The number of carbonyl (C=O) groups is 1. The van der Waals surface area contributed by atoms with Crippen molar-refractivity contribution >= 4 is 11.7 Å². The van der Waals surface area contributed by atoms with Gasteiger partial charge in [-0.3, -0.25) is 0 Å². The van der Waals surface area contributed by atoms with Crippen LogP contribution in [0.1, 0.15) is 46.3 Å². The number of nitrogens with one attached hydrogen (secondary N) is 1. The number of anilines is 1. The van der Waals surface area contributed by atoms with Crippen molar-refractivity contribution in [1.29, 1.82) is 0 Å². The van der Waals surface area contributed by atoms with Gasteiger partial charge in [-0.1, -0.05) is 39.8 Å². The summed E-state index contributed by atoms with van der Waals surface area (Å²) in [6.07, 6.45) is -0.538. The Morgan fingerprint density at radius 1 is 1.14 bits per heavy atom.